The molecule has 0 fully saturated rings. The maximum Gasteiger partial charge on any atom is 0.288 e. The van der Waals surface area contributed by atoms with E-state index in [0.29, 0.717) is 12.2 Å². The lowest BCUT2D eigenvalue weighted by molar-refractivity contribution is -0.118. The Hall–Kier alpha value is -2.80. The SMILES string of the molecule is Cc1ccc(N2NC(C(=O)NCCCSc3ccccc3)=NCC2=O)cc1. The minimum Gasteiger partial charge on any atom is -0.349 e. The maximum absolute atomic E-state index is 12.3. The normalized spacial score (nSPS) is 13.7. The summed E-state index contributed by atoms with van der Waals surface area (Å²) in [4.78, 5) is 29.7. The molecule has 1 heterocycles. The molecule has 0 aromatic heterocycles. The highest BCUT2D eigenvalue weighted by molar-refractivity contribution is 7.99. The molecule has 140 valence electrons. The summed E-state index contributed by atoms with van der Waals surface area (Å²) in [7, 11) is 0. The number of benzene rings is 2. The molecule has 3 rings (SSSR count). The van der Waals surface area contributed by atoms with Crippen LogP contribution in [0.1, 0.15) is 12.0 Å². The van der Waals surface area contributed by atoms with Gasteiger partial charge in [0.15, 0.2) is 0 Å². The van der Waals surface area contributed by atoms with Gasteiger partial charge in [-0.05, 0) is 43.4 Å². The monoisotopic (exact) mass is 382 g/mol. The number of aliphatic imine (C=N–C) groups is 1. The van der Waals surface area contributed by atoms with Crippen molar-refractivity contribution in [2.75, 3.05) is 23.9 Å². The van der Waals surface area contributed by atoms with E-state index in [0.717, 1.165) is 17.7 Å². The van der Waals surface area contributed by atoms with Crippen molar-refractivity contribution in [3.8, 4) is 0 Å². The van der Waals surface area contributed by atoms with E-state index in [1.807, 2.05) is 49.4 Å². The number of aryl methyl sites for hydroxylation is 1. The minimum absolute atomic E-state index is 0.0481. The molecule has 0 bridgehead atoms. The topological polar surface area (TPSA) is 73.8 Å². The summed E-state index contributed by atoms with van der Waals surface area (Å²) < 4.78 is 0. The predicted molar refractivity (Wildman–Crippen MR) is 109 cm³/mol. The molecule has 6 nitrogen and oxygen atoms in total. The van der Waals surface area contributed by atoms with Gasteiger partial charge in [0.25, 0.3) is 11.8 Å². The van der Waals surface area contributed by atoms with Crippen LogP contribution in [0.2, 0.25) is 0 Å². The van der Waals surface area contributed by atoms with Crippen LogP contribution in [0.5, 0.6) is 0 Å². The number of nitrogens with one attached hydrogen (secondary N) is 2. The molecule has 2 N–H and O–H groups in total. The van der Waals surface area contributed by atoms with Gasteiger partial charge in [0.2, 0.25) is 5.84 Å². The average molecular weight is 382 g/mol. The Morgan fingerprint density at radius 1 is 1.19 bits per heavy atom. The van der Waals surface area contributed by atoms with Crippen LogP contribution in [-0.4, -0.2) is 36.5 Å². The molecule has 1 aliphatic rings. The fourth-order valence-electron chi connectivity index (χ4n) is 2.51. The molecule has 0 unspecified atom stereocenters. The number of thioether (sulfide) groups is 1. The van der Waals surface area contributed by atoms with Crippen molar-refractivity contribution in [3.63, 3.8) is 0 Å². The minimum atomic E-state index is -0.302. The van der Waals surface area contributed by atoms with Crippen LogP contribution in [0, 0.1) is 6.92 Å². The van der Waals surface area contributed by atoms with Gasteiger partial charge in [-0.15, -0.1) is 11.8 Å². The Kier molecular flexibility index (Phi) is 6.49. The second kappa shape index (κ2) is 9.23. The van der Waals surface area contributed by atoms with E-state index in [9.17, 15) is 9.59 Å². The van der Waals surface area contributed by atoms with Crippen LogP contribution in [0.3, 0.4) is 0 Å². The Morgan fingerprint density at radius 2 is 1.93 bits per heavy atom. The van der Waals surface area contributed by atoms with Crippen LogP contribution >= 0.6 is 11.8 Å². The third-order valence-corrected chi connectivity index (χ3v) is 5.06. The zero-order valence-corrected chi connectivity index (χ0v) is 16.0. The summed E-state index contributed by atoms with van der Waals surface area (Å²) >= 11 is 1.76. The van der Waals surface area contributed by atoms with Crippen LogP contribution in [0.4, 0.5) is 5.69 Å². The van der Waals surface area contributed by atoms with E-state index in [-0.39, 0.29) is 24.2 Å². The van der Waals surface area contributed by atoms with Crippen molar-refractivity contribution in [1.82, 2.24) is 10.7 Å². The smallest absolute Gasteiger partial charge is 0.288 e. The predicted octanol–water partition coefficient (Wildman–Crippen LogP) is 2.54. The first-order chi connectivity index (χ1) is 13.1. The quantitative estimate of drug-likeness (QED) is 0.570. The van der Waals surface area contributed by atoms with Crippen molar-refractivity contribution < 1.29 is 9.59 Å². The maximum atomic E-state index is 12.3. The second-order valence-electron chi connectivity index (χ2n) is 6.11. The van der Waals surface area contributed by atoms with Gasteiger partial charge in [0, 0.05) is 11.4 Å². The standard InChI is InChI=1S/C20H22N4O2S/c1-15-8-10-16(11-9-15)24-18(25)14-22-19(23-24)20(26)21-12-5-13-27-17-6-3-2-4-7-17/h2-4,6-11H,5,12-14H2,1H3,(H,21,26)(H,22,23). The lowest BCUT2D eigenvalue weighted by Gasteiger charge is -2.27. The largest absolute Gasteiger partial charge is 0.349 e. The number of carbonyl (C=O) groups is 2. The molecule has 7 heteroatoms. The number of rotatable bonds is 7. The summed E-state index contributed by atoms with van der Waals surface area (Å²) in [6.45, 7) is 2.48. The van der Waals surface area contributed by atoms with Gasteiger partial charge in [-0.2, -0.15) is 0 Å². The van der Waals surface area contributed by atoms with Crippen molar-refractivity contribution in [1.29, 1.82) is 0 Å². The fourth-order valence-corrected chi connectivity index (χ4v) is 3.38. The Morgan fingerprint density at radius 3 is 2.67 bits per heavy atom. The van der Waals surface area contributed by atoms with Gasteiger partial charge in [0.1, 0.15) is 6.54 Å². The highest BCUT2D eigenvalue weighted by Crippen LogP contribution is 2.17. The van der Waals surface area contributed by atoms with Crippen molar-refractivity contribution in [3.05, 3.63) is 60.2 Å². The molecular formula is C20H22N4O2S. The van der Waals surface area contributed by atoms with Gasteiger partial charge in [-0.25, -0.2) is 5.01 Å². The highest BCUT2D eigenvalue weighted by atomic mass is 32.2. The zero-order chi connectivity index (χ0) is 19.1. The van der Waals surface area contributed by atoms with E-state index in [1.54, 1.807) is 11.8 Å². The molecule has 2 aromatic carbocycles. The van der Waals surface area contributed by atoms with Crippen molar-refractivity contribution in [2.45, 2.75) is 18.2 Å². The summed E-state index contributed by atoms with van der Waals surface area (Å²) in [5.74, 6) is 0.572. The molecule has 0 saturated carbocycles. The number of carbonyl (C=O) groups excluding carboxylic acids is 2. The summed E-state index contributed by atoms with van der Waals surface area (Å²) in [5.41, 5.74) is 4.61. The van der Waals surface area contributed by atoms with Crippen LogP contribution in [0.25, 0.3) is 0 Å². The van der Waals surface area contributed by atoms with Gasteiger partial charge >= 0.3 is 0 Å². The van der Waals surface area contributed by atoms with Gasteiger partial charge in [-0.3, -0.25) is 20.0 Å². The van der Waals surface area contributed by atoms with Crippen LogP contribution in [0.15, 0.2) is 64.5 Å². The van der Waals surface area contributed by atoms with E-state index in [1.165, 1.54) is 9.90 Å². The first kappa shape index (κ1) is 19.0. The Labute approximate surface area is 163 Å². The summed E-state index contributed by atoms with van der Waals surface area (Å²) in [6.07, 6.45) is 0.846. The molecule has 27 heavy (non-hydrogen) atoms. The number of amidine groups is 1. The van der Waals surface area contributed by atoms with Crippen molar-refractivity contribution in [2.24, 2.45) is 4.99 Å². The first-order valence-corrected chi connectivity index (χ1v) is 9.79. The molecule has 0 atom stereocenters. The number of amides is 2. The molecule has 0 saturated heterocycles. The summed E-state index contributed by atoms with van der Waals surface area (Å²) in [6, 6.07) is 17.7. The Bertz CT molecular complexity index is 822. The van der Waals surface area contributed by atoms with E-state index in [4.69, 9.17) is 0 Å². The van der Waals surface area contributed by atoms with Crippen LogP contribution < -0.4 is 15.8 Å². The van der Waals surface area contributed by atoms with Crippen LogP contribution in [-0.2, 0) is 9.59 Å². The lowest BCUT2D eigenvalue weighted by atomic mass is 10.2. The molecular weight excluding hydrogens is 360 g/mol. The Balaban J connectivity index is 1.46. The van der Waals surface area contributed by atoms with Gasteiger partial charge in [0.05, 0.1) is 5.69 Å². The van der Waals surface area contributed by atoms with Gasteiger partial charge in [-0.1, -0.05) is 35.9 Å². The zero-order valence-electron chi connectivity index (χ0n) is 15.1. The number of hydrazine groups is 1. The number of hydrogen-bond acceptors (Lipinski definition) is 5. The first-order valence-electron chi connectivity index (χ1n) is 8.80. The molecule has 1 aliphatic heterocycles. The van der Waals surface area contributed by atoms with Crippen molar-refractivity contribution >= 4 is 35.1 Å². The molecule has 0 radical (unpaired) electrons. The van der Waals surface area contributed by atoms with E-state index in [2.05, 4.69) is 27.9 Å². The molecule has 0 aliphatic carbocycles. The second-order valence-corrected chi connectivity index (χ2v) is 7.28. The van der Waals surface area contributed by atoms with Gasteiger partial charge < -0.3 is 5.32 Å². The number of anilines is 1. The van der Waals surface area contributed by atoms with E-state index >= 15 is 0 Å². The molecule has 2 amide bonds. The highest BCUT2D eigenvalue weighted by Gasteiger charge is 2.25. The third kappa shape index (κ3) is 5.34. The lowest BCUT2D eigenvalue weighted by Crippen LogP contribution is -2.55. The molecule has 2 aromatic rings. The fraction of sp³-hybridized carbons (Fsp3) is 0.250. The summed E-state index contributed by atoms with van der Waals surface area (Å²) in [5, 5.41) is 4.22. The number of hydrogen-bond donors (Lipinski definition) is 2. The van der Waals surface area contributed by atoms with E-state index < -0.39 is 0 Å². The average Bonchev–Trinajstić information content (AvgIpc) is 2.69. The third-order valence-electron chi connectivity index (χ3n) is 3.97. The number of nitrogens with zero attached hydrogens (tertiary/aromatic N) is 2. The molecule has 0 spiro atoms.